The van der Waals surface area contributed by atoms with Gasteiger partial charge in [-0.2, -0.15) is 0 Å². The first kappa shape index (κ1) is 26.8. The summed E-state index contributed by atoms with van der Waals surface area (Å²) in [6.45, 7) is 11.1. The Balaban J connectivity index is 1.59. The number of fused-ring (bicyclic) bond motifs is 5. The van der Waals surface area contributed by atoms with E-state index < -0.39 is 41.3 Å². The smallest absolute Gasteiger partial charge is 0.0857 e. The molecule has 0 bridgehead atoms. The van der Waals surface area contributed by atoms with E-state index in [1.165, 1.54) is 0 Å². The van der Waals surface area contributed by atoms with E-state index >= 15 is 0 Å². The van der Waals surface area contributed by atoms with Gasteiger partial charge < -0.3 is 30.6 Å². The molecule has 198 valence electrons. The fourth-order valence-electron chi connectivity index (χ4n) is 9.71. The molecule has 0 spiro atoms. The van der Waals surface area contributed by atoms with E-state index in [1.54, 1.807) is 0 Å². The second-order valence-electron chi connectivity index (χ2n) is 13.6. The van der Waals surface area contributed by atoms with Gasteiger partial charge in [0.25, 0.3) is 0 Å². The molecule has 6 N–H and O–H groups in total. The highest BCUT2D eigenvalue weighted by molar-refractivity contribution is 5.20. The van der Waals surface area contributed by atoms with Crippen molar-refractivity contribution in [2.45, 2.75) is 116 Å². The van der Waals surface area contributed by atoms with Gasteiger partial charge in [0, 0.05) is 24.9 Å². The fourth-order valence-corrected chi connectivity index (χ4v) is 9.71. The first-order chi connectivity index (χ1) is 15.8. The number of aliphatic hydroxyl groups excluding tert-OH is 5. The lowest BCUT2D eigenvalue weighted by atomic mass is 9.41. The van der Waals surface area contributed by atoms with Crippen LogP contribution in [0.4, 0.5) is 0 Å². The molecule has 4 rings (SSSR count). The predicted octanol–water partition coefficient (Wildman–Crippen LogP) is 2.71. The van der Waals surface area contributed by atoms with Crippen LogP contribution >= 0.6 is 0 Å². The van der Waals surface area contributed by atoms with Crippen molar-refractivity contribution >= 4 is 0 Å². The van der Waals surface area contributed by atoms with Crippen LogP contribution < -0.4 is 0 Å². The molecule has 0 aromatic carbocycles. The Morgan fingerprint density at radius 2 is 1.47 bits per heavy atom. The molecule has 0 saturated heterocycles. The summed E-state index contributed by atoms with van der Waals surface area (Å²) < 4.78 is 0. The van der Waals surface area contributed by atoms with Crippen LogP contribution in [0.15, 0.2) is 0 Å². The number of hydrogen-bond donors (Lipinski definition) is 6. The van der Waals surface area contributed by atoms with E-state index in [0.29, 0.717) is 37.0 Å². The monoisotopic (exact) mass is 482 g/mol. The maximum absolute atomic E-state index is 12.4. The van der Waals surface area contributed by atoms with Gasteiger partial charge in [0.2, 0.25) is 0 Å². The Morgan fingerprint density at radius 3 is 2.12 bits per heavy atom. The van der Waals surface area contributed by atoms with Crippen molar-refractivity contribution in [3.05, 3.63) is 0 Å². The Morgan fingerprint density at radius 1 is 0.824 bits per heavy atom. The standard InChI is InChI=1S/C28H50O6/c1-15(17(3)14-29)6-7-16(2)18-12-20(31)25-26(18,4)11-9-22-27(5)10-8-19(30)24(33)23(27)21(32)13-28(22,25)34/h15-25,29-34H,6-14H2,1-5H3/t15-,16?,17-,18?,19+,20-,21?,22?,23?,24+,25?,26-,27-,28+/m1/s1. The van der Waals surface area contributed by atoms with E-state index in [0.717, 1.165) is 25.7 Å². The molecule has 0 radical (unpaired) electrons. The topological polar surface area (TPSA) is 121 Å². The SMILES string of the molecule is CC(CC[C@@H](C)[C@H](C)CO)C1C[C@@H](O)C2[C@]1(C)CCC1[C@@]3(C)CC[C@H](O)[C@H](O)C3C(O)C[C@]12O. The van der Waals surface area contributed by atoms with Crippen LogP contribution in [0.5, 0.6) is 0 Å². The van der Waals surface area contributed by atoms with Crippen molar-refractivity contribution in [2.75, 3.05) is 6.61 Å². The lowest BCUT2D eigenvalue weighted by Gasteiger charge is -2.66. The second kappa shape index (κ2) is 9.25. The lowest BCUT2D eigenvalue weighted by Crippen LogP contribution is -2.70. The van der Waals surface area contributed by atoms with Crippen LogP contribution in [-0.2, 0) is 0 Å². The number of rotatable bonds is 6. The summed E-state index contributed by atoms with van der Waals surface area (Å²) >= 11 is 0. The molecular formula is C28H50O6. The number of aliphatic hydroxyl groups is 6. The Labute approximate surface area is 205 Å². The van der Waals surface area contributed by atoms with E-state index in [-0.39, 0.29) is 36.2 Å². The minimum Gasteiger partial charge on any atom is -0.396 e. The molecular weight excluding hydrogens is 432 g/mol. The van der Waals surface area contributed by atoms with Crippen LogP contribution in [0.25, 0.3) is 0 Å². The van der Waals surface area contributed by atoms with Crippen LogP contribution in [0.2, 0.25) is 0 Å². The van der Waals surface area contributed by atoms with Gasteiger partial charge in [-0.25, -0.2) is 0 Å². The first-order valence-corrected chi connectivity index (χ1v) is 13.9. The molecule has 4 saturated carbocycles. The average Bonchev–Trinajstić information content (AvgIpc) is 3.05. The third-order valence-electron chi connectivity index (χ3n) is 11.8. The minimum atomic E-state index is -1.17. The van der Waals surface area contributed by atoms with E-state index in [4.69, 9.17) is 0 Å². The van der Waals surface area contributed by atoms with Gasteiger partial charge in [0.05, 0.1) is 30.0 Å². The Hall–Kier alpha value is -0.240. The summed E-state index contributed by atoms with van der Waals surface area (Å²) in [4.78, 5) is 0. The van der Waals surface area contributed by atoms with Crippen molar-refractivity contribution in [3.8, 4) is 0 Å². The molecule has 14 atom stereocenters. The lowest BCUT2D eigenvalue weighted by molar-refractivity contribution is -0.280. The molecule has 0 amide bonds. The summed E-state index contributed by atoms with van der Waals surface area (Å²) in [6, 6.07) is 0. The second-order valence-corrected chi connectivity index (χ2v) is 13.6. The molecule has 0 heterocycles. The van der Waals surface area contributed by atoms with Crippen molar-refractivity contribution in [3.63, 3.8) is 0 Å². The quantitative estimate of drug-likeness (QED) is 0.346. The van der Waals surface area contributed by atoms with Crippen molar-refractivity contribution in [1.29, 1.82) is 0 Å². The first-order valence-electron chi connectivity index (χ1n) is 13.9. The van der Waals surface area contributed by atoms with Crippen LogP contribution in [0.3, 0.4) is 0 Å². The molecule has 6 nitrogen and oxygen atoms in total. The minimum absolute atomic E-state index is 0.109. The summed E-state index contributed by atoms with van der Waals surface area (Å²) in [6.07, 6.45) is 2.50. The maximum atomic E-state index is 12.4. The molecule has 4 aliphatic rings. The molecule has 4 fully saturated rings. The molecule has 4 aliphatic carbocycles. The predicted molar refractivity (Wildman–Crippen MR) is 131 cm³/mol. The summed E-state index contributed by atoms with van der Waals surface area (Å²) in [5, 5.41) is 65.6. The van der Waals surface area contributed by atoms with E-state index in [2.05, 4.69) is 34.6 Å². The summed E-state index contributed by atoms with van der Waals surface area (Å²) in [7, 11) is 0. The Bertz CT molecular complexity index is 732. The average molecular weight is 483 g/mol. The van der Waals surface area contributed by atoms with Crippen LogP contribution in [-0.4, -0.2) is 67.3 Å². The molecule has 6 heteroatoms. The highest BCUT2D eigenvalue weighted by Gasteiger charge is 2.71. The summed E-state index contributed by atoms with van der Waals surface area (Å²) in [5.74, 6) is 0.578. The van der Waals surface area contributed by atoms with Gasteiger partial charge in [-0.1, -0.05) is 47.5 Å². The van der Waals surface area contributed by atoms with Crippen molar-refractivity contribution in [1.82, 2.24) is 0 Å². The van der Waals surface area contributed by atoms with Gasteiger partial charge >= 0.3 is 0 Å². The molecule has 0 aliphatic heterocycles. The zero-order valence-corrected chi connectivity index (χ0v) is 21.9. The third-order valence-corrected chi connectivity index (χ3v) is 11.8. The Kier molecular flexibility index (Phi) is 7.30. The fraction of sp³-hybridized carbons (Fsp3) is 1.00. The van der Waals surface area contributed by atoms with Crippen LogP contribution in [0, 0.1) is 52.3 Å². The van der Waals surface area contributed by atoms with Crippen molar-refractivity contribution in [2.24, 2.45) is 52.3 Å². The van der Waals surface area contributed by atoms with Gasteiger partial charge in [0.1, 0.15) is 0 Å². The van der Waals surface area contributed by atoms with Crippen molar-refractivity contribution < 1.29 is 30.6 Å². The zero-order valence-electron chi connectivity index (χ0n) is 21.9. The zero-order chi connectivity index (χ0) is 25.2. The van der Waals surface area contributed by atoms with Gasteiger partial charge in [-0.15, -0.1) is 0 Å². The van der Waals surface area contributed by atoms with E-state index in [9.17, 15) is 30.6 Å². The maximum Gasteiger partial charge on any atom is 0.0857 e. The normalized spacial score (nSPS) is 53.4. The van der Waals surface area contributed by atoms with Gasteiger partial charge in [0.15, 0.2) is 0 Å². The van der Waals surface area contributed by atoms with E-state index in [1.807, 2.05) is 0 Å². The molecule has 6 unspecified atom stereocenters. The van der Waals surface area contributed by atoms with Gasteiger partial charge in [-0.3, -0.25) is 0 Å². The van der Waals surface area contributed by atoms with Crippen LogP contribution in [0.1, 0.15) is 86.0 Å². The largest absolute Gasteiger partial charge is 0.396 e. The third kappa shape index (κ3) is 3.90. The number of hydrogen-bond acceptors (Lipinski definition) is 6. The highest BCUT2D eigenvalue weighted by Crippen LogP contribution is 2.69. The molecule has 34 heavy (non-hydrogen) atoms. The molecule has 0 aromatic rings. The highest BCUT2D eigenvalue weighted by atomic mass is 16.3. The summed E-state index contributed by atoms with van der Waals surface area (Å²) in [5.41, 5.74) is -1.84. The van der Waals surface area contributed by atoms with Gasteiger partial charge in [-0.05, 0) is 72.5 Å². The molecule has 0 aromatic heterocycles.